The van der Waals surface area contributed by atoms with E-state index in [-0.39, 0.29) is 12.2 Å². The quantitative estimate of drug-likeness (QED) is 0.566. The first kappa shape index (κ1) is 9.39. The van der Waals surface area contributed by atoms with Crippen LogP contribution in [0.1, 0.15) is 0 Å². The molecule has 0 fully saturated rings. The Morgan fingerprint density at radius 2 is 1.77 bits per heavy atom. The van der Waals surface area contributed by atoms with E-state index in [1.165, 1.54) is 0 Å². The van der Waals surface area contributed by atoms with Crippen molar-refractivity contribution in [2.75, 3.05) is 11.9 Å². The number of halogens is 3. The fourth-order valence-corrected chi connectivity index (χ4v) is 0.799. The van der Waals surface area contributed by atoms with E-state index in [1.54, 1.807) is 6.07 Å². The van der Waals surface area contributed by atoms with Gasteiger partial charge in [0.05, 0.1) is 6.07 Å². The normalized spacial score (nSPS) is 9.38. The van der Waals surface area contributed by atoms with Crippen LogP contribution in [-0.2, 0) is 0 Å². The molecule has 0 unspecified atom stereocenters. The zero-order valence-corrected chi connectivity index (χ0v) is 6.44. The second kappa shape index (κ2) is 3.81. The Bertz CT molecular complexity index is 334. The van der Waals surface area contributed by atoms with Crippen LogP contribution in [0.3, 0.4) is 0 Å². The third-order valence-electron chi connectivity index (χ3n) is 1.36. The van der Waals surface area contributed by atoms with Gasteiger partial charge in [0.15, 0.2) is 17.5 Å². The molecule has 0 radical (unpaired) electrons. The van der Waals surface area contributed by atoms with Crippen molar-refractivity contribution in [1.29, 1.82) is 5.26 Å². The van der Waals surface area contributed by atoms with Crippen molar-refractivity contribution in [2.24, 2.45) is 0 Å². The first-order valence-electron chi connectivity index (χ1n) is 3.40. The maximum Gasteiger partial charge on any atom is 0.194 e. The molecule has 1 aromatic rings. The molecule has 0 spiro atoms. The van der Waals surface area contributed by atoms with Crippen molar-refractivity contribution < 1.29 is 13.2 Å². The predicted octanol–water partition coefficient (Wildman–Crippen LogP) is 2.04. The Morgan fingerprint density at radius 3 is 2.23 bits per heavy atom. The lowest BCUT2D eigenvalue weighted by molar-refractivity contribution is 0.448. The molecule has 0 saturated heterocycles. The van der Waals surface area contributed by atoms with Crippen LogP contribution in [0.4, 0.5) is 18.9 Å². The van der Waals surface area contributed by atoms with Gasteiger partial charge in [-0.15, -0.1) is 0 Å². The molecule has 0 amide bonds. The van der Waals surface area contributed by atoms with Gasteiger partial charge in [-0.05, 0) is 0 Å². The van der Waals surface area contributed by atoms with E-state index in [0.717, 1.165) is 12.1 Å². The summed E-state index contributed by atoms with van der Waals surface area (Å²) in [6.45, 7) is -0.0927. The van der Waals surface area contributed by atoms with Crippen LogP contribution in [0.15, 0.2) is 12.1 Å². The van der Waals surface area contributed by atoms with Crippen LogP contribution in [0.2, 0.25) is 0 Å². The third kappa shape index (κ3) is 2.12. The first-order chi connectivity index (χ1) is 6.15. The molecule has 1 N–H and O–H groups in total. The molecule has 1 aromatic carbocycles. The second-order valence-corrected chi connectivity index (χ2v) is 2.27. The second-order valence-electron chi connectivity index (χ2n) is 2.27. The monoisotopic (exact) mass is 186 g/mol. The summed E-state index contributed by atoms with van der Waals surface area (Å²) in [7, 11) is 0. The van der Waals surface area contributed by atoms with Crippen LogP contribution in [0, 0.1) is 28.8 Å². The molecule has 1 rings (SSSR count). The minimum Gasteiger partial charge on any atom is -0.372 e. The molecule has 0 aliphatic heterocycles. The van der Waals surface area contributed by atoms with Crippen LogP contribution in [0.25, 0.3) is 0 Å². The van der Waals surface area contributed by atoms with Gasteiger partial charge in [-0.3, -0.25) is 0 Å². The minimum atomic E-state index is -1.51. The average Bonchev–Trinajstić information content (AvgIpc) is 2.10. The molecular formula is C8H5F3N2. The number of benzene rings is 1. The highest BCUT2D eigenvalue weighted by Crippen LogP contribution is 2.16. The Balaban J connectivity index is 2.94. The van der Waals surface area contributed by atoms with Crippen LogP contribution in [0.5, 0.6) is 0 Å². The van der Waals surface area contributed by atoms with E-state index in [1.807, 2.05) is 0 Å². The number of nitriles is 1. The third-order valence-corrected chi connectivity index (χ3v) is 1.36. The van der Waals surface area contributed by atoms with Gasteiger partial charge in [0.2, 0.25) is 0 Å². The van der Waals surface area contributed by atoms with Crippen molar-refractivity contribution in [2.45, 2.75) is 0 Å². The van der Waals surface area contributed by atoms with Crippen LogP contribution < -0.4 is 5.32 Å². The first-order valence-corrected chi connectivity index (χ1v) is 3.40. The topological polar surface area (TPSA) is 35.8 Å². The van der Waals surface area contributed by atoms with Gasteiger partial charge in [0, 0.05) is 17.8 Å². The zero-order chi connectivity index (χ0) is 9.84. The van der Waals surface area contributed by atoms with E-state index < -0.39 is 17.5 Å². The van der Waals surface area contributed by atoms with Crippen LogP contribution >= 0.6 is 0 Å². The molecule has 5 heteroatoms. The predicted molar refractivity (Wildman–Crippen MR) is 40.4 cm³/mol. The summed E-state index contributed by atoms with van der Waals surface area (Å²) in [5.41, 5.74) is 0.0398. The van der Waals surface area contributed by atoms with E-state index >= 15 is 0 Å². The maximum atomic E-state index is 12.5. The Labute approximate surface area is 72.6 Å². The summed E-state index contributed by atoms with van der Waals surface area (Å²) in [6.07, 6.45) is 0. The number of nitrogens with zero attached hydrogens (tertiary/aromatic N) is 1. The number of rotatable bonds is 2. The largest absolute Gasteiger partial charge is 0.372 e. The Morgan fingerprint density at radius 1 is 1.23 bits per heavy atom. The lowest BCUT2D eigenvalue weighted by atomic mass is 10.3. The van der Waals surface area contributed by atoms with E-state index in [9.17, 15) is 13.2 Å². The summed E-state index contributed by atoms with van der Waals surface area (Å²) in [6, 6.07) is 3.29. The van der Waals surface area contributed by atoms with Gasteiger partial charge in [-0.2, -0.15) is 5.26 Å². The molecule has 0 aromatic heterocycles. The molecule has 0 aliphatic rings. The molecule has 0 aliphatic carbocycles. The number of hydrogen-bond donors (Lipinski definition) is 1. The number of anilines is 1. The molecular weight excluding hydrogens is 181 g/mol. The van der Waals surface area contributed by atoms with Gasteiger partial charge in [-0.1, -0.05) is 0 Å². The molecule has 0 bridgehead atoms. The summed E-state index contributed by atoms with van der Waals surface area (Å²) in [5, 5.41) is 10.5. The fourth-order valence-electron chi connectivity index (χ4n) is 0.799. The zero-order valence-electron chi connectivity index (χ0n) is 6.44. The fraction of sp³-hybridized carbons (Fsp3) is 0.125. The molecule has 0 atom stereocenters. The van der Waals surface area contributed by atoms with Crippen molar-refractivity contribution in [1.82, 2.24) is 0 Å². The number of hydrogen-bond acceptors (Lipinski definition) is 2. The van der Waals surface area contributed by atoms with Gasteiger partial charge in [0.25, 0.3) is 0 Å². The molecule has 68 valence electrons. The Hall–Kier alpha value is -1.70. The van der Waals surface area contributed by atoms with E-state index in [0.29, 0.717) is 0 Å². The van der Waals surface area contributed by atoms with E-state index in [2.05, 4.69) is 5.32 Å². The molecule has 2 nitrogen and oxygen atoms in total. The standard InChI is InChI=1S/C8H5F3N2/c9-6-3-5(13-2-1-12)4-7(10)8(6)11/h3-4,13H,2H2. The highest BCUT2D eigenvalue weighted by molar-refractivity contribution is 5.44. The van der Waals surface area contributed by atoms with Crippen molar-refractivity contribution in [3.8, 4) is 6.07 Å². The van der Waals surface area contributed by atoms with E-state index in [4.69, 9.17) is 5.26 Å². The Kier molecular flexibility index (Phi) is 2.75. The molecule has 0 saturated carbocycles. The highest BCUT2D eigenvalue weighted by atomic mass is 19.2. The molecule has 0 heterocycles. The van der Waals surface area contributed by atoms with Crippen molar-refractivity contribution in [3.63, 3.8) is 0 Å². The summed E-state index contributed by atoms with van der Waals surface area (Å²) >= 11 is 0. The lowest BCUT2D eigenvalue weighted by Crippen LogP contribution is -2.01. The summed E-state index contributed by atoms with van der Waals surface area (Å²) in [4.78, 5) is 0. The van der Waals surface area contributed by atoms with Gasteiger partial charge < -0.3 is 5.32 Å². The van der Waals surface area contributed by atoms with Gasteiger partial charge >= 0.3 is 0 Å². The smallest absolute Gasteiger partial charge is 0.194 e. The van der Waals surface area contributed by atoms with Crippen LogP contribution in [-0.4, -0.2) is 6.54 Å². The SMILES string of the molecule is N#CCNc1cc(F)c(F)c(F)c1. The summed E-state index contributed by atoms with van der Waals surface area (Å²) in [5.74, 6) is -4.07. The van der Waals surface area contributed by atoms with Gasteiger partial charge in [-0.25, -0.2) is 13.2 Å². The average molecular weight is 186 g/mol. The minimum absolute atomic E-state index is 0.0398. The van der Waals surface area contributed by atoms with Crippen molar-refractivity contribution in [3.05, 3.63) is 29.6 Å². The summed E-state index contributed by atoms with van der Waals surface area (Å²) < 4.78 is 37.4. The van der Waals surface area contributed by atoms with Crippen molar-refractivity contribution >= 4 is 5.69 Å². The number of nitrogens with one attached hydrogen (secondary N) is 1. The highest BCUT2D eigenvalue weighted by Gasteiger charge is 2.09. The lowest BCUT2D eigenvalue weighted by Gasteiger charge is -2.02. The molecule has 13 heavy (non-hydrogen) atoms. The van der Waals surface area contributed by atoms with Gasteiger partial charge in [0.1, 0.15) is 6.54 Å². The maximum absolute atomic E-state index is 12.5.